The van der Waals surface area contributed by atoms with Crippen molar-refractivity contribution in [2.45, 2.75) is 25.4 Å². The molecule has 1 aromatic heterocycles. The van der Waals surface area contributed by atoms with E-state index in [-0.39, 0.29) is 12.4 Å². The lowest BCUT2D eigenvalue weighted by Gasteiger charge is -2.31. The highest BCUT2D eigenvalue weighted by molar-refractivity contribution is 9.10. The van der Waals surface area contributed by atoms with Crippen molar-refractivity contribution in [3.05, 3.63) is 39.8 Å². The van der Waals surface area contributed by atoms with Crippen LogP contribution in [0.1, 0.15) is 18.5 Å². The standard InChI is InChI=1S/C16H20BrN3S.ClH/c1-18-14-6-3-7-20(9-14)10-15-11-21-16(19-15)12-4-2-5-13(17)8-12;/h2,4-5,8,11,14,18H,3,6-7,9-10H2,1H3;1H. The minimum absolute atomic E-state index is 0. The van der Waals surface area contributed by atoms with E-state index in [0.717, 1.165) is 22.6 Å². The van der Waals surface area contributed by atoms with Gasteiger partial charge in [0.2, 0.25) is 0 Å². The Bertz CT molecular complexity index is 605. The number of aromatic nitrogens is 1. The summed E-state index contributed by atoms with van der Waals surface area (Å²) < 4.78 is 1.10. The van der Waals surface area contributed by atoms with Crippen LogP contribution in [0.4, 0.5) is 0 Å². The van der Waals surface area contributed by atoms with E-state index < -0.39 is 0 Å². The largest absolute Gasteiger partial charge is 0.316 e. The Labute approximate surface area is 150 Å². The van der Waals surface area contributed by atoms with Crippen molar-refractivity contribution in [1.29, 1.82) is 0 Å². The smallest absolute Gasteiger partial charge is 0.123 e. The average Bonchev–Trinajstić information content (AvgIpc) is 2.96. The maximum Gasteiger partial charge on any atom is 0.123 e. The fourth-order valence-corrected chi connectivity index (χ4v) is 4.00. The molecule has 120 valence electrons. The molecule has 2 aromatic rings. The summed E-state index contributed by atoms with van der Waals surface area (Å²) in [5.41, 5.74) is 2.37. The second-order valence-electron chi connectivity index (χ2n) is 5.52. The summed E-state index contributed by atoms with van der Waals surface area (Å²) in [4.78, 5) is 7.31. The van der Waals surface area contributed by atoms with Gasteiger partial charge in [-0.1, -0.05) is 28.1 Å². The number of rotatable bonds is 4. The van der Waals surface area contributed by atoms with Crippen LogP contribution < -0.4 is 5.32 Å². The Morgan fingerprint density at radius 3 is 3.09 bits per heavy atom. The zero-order valence-corrected chi connectivity index (χ0v) is 15.8. The lowest BCUT2D eigenvalue weighted by Crippen LogP contribution is -2.43. The van der Waals surface area contributed by atoms with Crippen molar-refractivity contribution in [2.75, 3.05) is 20.1 Å². The van der Waals surface area contributed by atoms with Gasteiger partial charge in [-0.3, -0.25) is 4.90 Å². The lowest BCUT2D eigenvalue weighted by molar-refractivity contribution is 0.186. The molecule has 1 aliphatic rings. The van der Waals surface area contributed by atoms with E-state index >= 15 is 0 Å². The first-order valence-electron chi connectivity index (χ1n) is 7.34. The molecule has 0 amide bonds. The second-order valence-corrected chi connectivity index (χ2v) is 7.29. The normalized spacial score (nSPS) is 18.9. The molecule has 6 heteroatoms. The number of nitrogens with zero attached hydrogens (tertiary/aromatic N) is 2. The third-order valence-corrected chi connectivity index (χ3v) is 5.36. The van der Waals surface area contributed by atoms with Gasteiger partial charge in [-0.25, -0.2) is 4.98 Å². The Morgan fingerprint density at radius 1 is 1.45 bits per heavy atom. The summed E-state index contributed by atoms with van der Waals surface area (Å²) in [5, 5.41) is 6.69. The zero-order valence-electron chi connectivity index (χ0n) is 12.6. The van der Waals surface area contributed by atoms with Crippen molar-refractivity contribution in [2.24, 2.45) is 0 Å². The van der Waals surface area contributed by atoms with Crippen LogP contribution in [0.25, 0.3) is 10.6 Å². The van der Waals surface area contributed by atoms with E-state index in [9.17, 15) is 0 Å². The molecular weight excluding hydrogens is 382 g/mol. The summed E-state index contributed by atoms with van der Waals surface area (Å²) in [6.07, 6.45) is 2.56. The molecule has 1 N–H and O–H groups in total. The number of hydrogen-bond acceptors (Lipinski definition) is 4. The molecule has 1 unspecified atom stereocenters. The average molecular weight is 403 g/mol. The summed E-state index contributed by atoms with van der Waals surface area (Å²) in [6.45, 7) is 3.27. The number of nitrogens with one attached hydrogen (secondary N) is 1. The Morgan fingerprint density at radius 2 is 2.32 bits per heavy atom. The number of hydrogen-bond donors (Lipinski definition) is 1. The Hall–Kier alpha value is -0.460. The number of piperidine rings is 1. The number of likely N-dealkylation sites (N-methyl/N-ethyl adjacent to an activating group) is 1. The van der Waals surface area contributed by atoms with Gasteiger partial charge in [-0.05, 0) is 38.6 Å². The van der Waals surface area contributed by atoms with Gasteiger partial charge in [0.15, 0.2) is 0 Å². The summed E-state index contributed by atoms with van der Waals surface area (Å²) in [5.74, 6) is 0. The highest BCUT2D eigenvalue weighted by Crippen LogP contribution is 2.27. The van der Waals surface area contributed by atoms with Crippen molar-refractivity contribution in [1.82, 2.24) is 15.2 Å². The first kappa shape index (κ1) is 17.9. The van der Waals surface area contributed by atoms with Gasteiger partial charge in [0.25, 0.3) is 0 Å². The quantitative estimate of drug-likeness (QED) is 0.831. The molecule has 0 aliphatic carbocycles. The molecule has 1 fully saturated rings. The van der Waals surface area contributed by atoms with Crippen LogP contribution in [0.3, 0.4) is 0 Å². The molecule has 1 atom stereocenters. The van der Waals surface area contributed by atoms with E-state index in [0.29, 0.717) is 6.04 Å². The SMILES string of the molecule is CNC1CCCN(Cc2csc(-c3cccc(Br)c3)n2)C1.Cl. The molecule has 0 spiro atoms. The third kappa shape index (κ3) is 4.52. The maximum atomic E-state index is 4.80. The maximum absolute atomic E-state index is 4.80. The molecule has 22 heavy (non-hydrogen) atoms. The van der Waals surface area contributed by atoms with E-state index in [2.05, 4.69) is 56.8 Å². The minimum Gasteiger partial charge on any atom is -0.316 e. The molecule has 1 aromatic carbocycles. The number of thiazole rings is 1. The van der Waals surface area contributed by atoms with Crippen LogP contribution in [0.5, 0.6) is 0 Å². The van der Waals surface area contributed by atoms with Crippen molar-refractivity contribution >= 4 is 39.7 Å². The van der Waals surface area contributed by atoms with E-state index in [1.54, 1.807) is 11.3 Å². The predicted octanol–water partition coefficient (Wildman–Crippen LogP) is 4.18. The highest BCUT2D eigenvalue weighted by Gasteiger charge is 2.19. The van der Waals surface area contributed by atoms with Crippen LogP contribution in [0.2, 0.25) is 0 Å². The van der Waals surface area contributed by atoms with Gasteiger partial charge < -0.3 is 5.32 Å². The van der Waals surface area contributed by atoms with Crippen LogP contribution in [-0.4, -0.2) is 36.1 Å². The highest BCUT2D eigenvalue weighted by atomic mass is 79.9. The lowest BCUT2D eigenvalue weighted by atomic mass is 10.1. The number of likely N-dealkylation sites (tertiary alicyclic amines) is 1. The van der Waals surface area contributed by atoms with Crippen LogP contribution in [-0.2, 0) is 6.54 Å². The van der Waals surface area contributed by atoms with Crippen molar-refractivity contribution in [3.63, 3.8) is 0 Å². The summed E-state index contributed by atoms with van der Waals surface area (Å²) in [7, 11) is 2.06. The van der Waals surface area contributed by atoms with Crippen LogP contribution >= 0.6 is 39.7 Å². The second kappa shape index (κ2) is 8.41. The first-order valence-corrected chi connectivity index (χ1v) is 9.02. The number of halogens is 2. The Kier molecular flexibility index (Phi) is 6.84. The van der Waals surface area contributed by atoms with Crippen molar-refractivity contribution < 1.29 is 0 Å². The topological polar surface area (TPSA) is 28.2 Å². The van der Waals surface area contributed by atoms with Crippen molar-refractivity contribution in [3.8, 4) is 10.6 Å². The monoisotopic (exact) mass is 401 g/mol. The molecule has 3 rings (SSSR count). The predicted molar refractivity (Wildman–Crippen MR) is 99.9 cm³/mol. The minimum atomic E-state index is 0. The molecule has 0 bridgehead atoms. The summed E-state index contributed by atoms with van der Waals surface area (Å²) >= 11 is 5.25. The van der Waals surface area contributed by atoms with Gasteiger partial charge in [0.1, 0.15) is 5.01 Å². The van der Waals surface area contributed by atoms with Crippen LogP contribution in [0.15, 0.2) is 34.1 Å². The zero-order chi connectivity index (χ0) is 14.7. The van der Waals surface area contributed by atoms with Gasteiger partial charge in [-0.2, -0.15) is 0 Å². The van der Waals surface area contributed by atoms with E-state index in [1.807, 2.05) is 6.07 Å². The first-order chi connectivity index (χ1) is 10.2. The summed E-state index contributed by atoms with van der Waals surface area (Å²) in [6, 6.07) is 8.97. The van der Waals surface area contributed by atoms with E-state index in [1.165, 1.54) is 30.6 Å². The molecule has 1 saturated heterocycles. The molecule has 1 aliphatic heterocycles. The molecule has 0 saturated carbocycles. The van der Waals surface area contributed by atoms with Gasteiger partial charge in [0.05, 0.1) is 5.69 Å². The molecular formula is C16H21BrClN3S. The number of benzene rings is 1. The molecule has 2 heterocycles. The fourth-order valence-electron chi connectivity index (χ4n) is 2.80. The Balaban J connectivity index is 0.00000176. The van der Waals surface area contributed by atoms with Crippen LogP contribution in [0, 0.1) is 0 Å². The molecule has 0 radical (unpaired) electrons. The van der Waals surface area contributed by atoms with Gasteiger partial charge in [-0.15, -0.1) is 23.7 Å². The van der Waals surface area contributed by atoms with Gasteiger partial charge in [0, 0.05) is 34.5 Å². The molecule has 3 nitrogen and oxygen atoms in total. The van der Waals surface area contributed by atoms with E-state index in [4.69, 9.17) is 4.98 Å². The third-order valence-electron chi connectivity index (χ3n) is 3.92. The van der Waals surface area contributed by atoms with Gasteiger partial charge >= 0.3 is 0 Å². The fraction of sp³-hybridized carbons (Fsp3) is 0.438.